The highest BCUT2D eigenvalue weighted by atomic mass is 16.7. The summed E-state index contributed by atoms with van der Waals surface area (Å²) in [6.07, 6.45) is 5.77. The van der Waals surface area contributed by atoms with Gasteiger partial charge in [-0.1, -0.05) is 23.8 Å². The van der Waals surface area contributed by atoms with Crippen LogP contribution in [0.3, 0.4) is 0 Å². The zero-order chi connectivity index (χ0) is 10.7. The lowest BCUT2D eigenvalue weighted by Crippen LogP contribution is -2.33. The van der Waals surface area contributed by atoms with Crippen LogP contribution in [0, 0.1) is 5.92 Å². The standard InChI is InChI=1S/C11H17NO2/c1-8-5-6-9(2)11(13)12(4)14-10(3)7-8/h5-7,9-10H,1-4H3/t9-,10?/m1/s1. The number of carbonyl (C=O) groups is 1. The molecule has 0 bridgehead atoms. The van der Waals surface area contributed by atoms with Gasteiger partial charge in [-0.2, -0.15) is 0 Å². The van der Waals surface area contributed by atoms with Crippen LogP contribution in [0.5, 0.6) is 0 Å². The first-order chi connectivity index (χ1) is 6.50. The van der Waals surface area contributed by atoms with Gasteiger partial charge in [-0.05, 0) is 20.8 Å². The van der Waals surface area contributed by atoms with Crippen molar-refractivity contribution in [2.45, 2.75) is 26.9 Å². The zero-order valence-corrected chi connectivity index (χ0v) is 9.15. The van der Waals surface area contributed by atoms with E-state index in [4.69, 9.17) is 4.84 Å². The molecule has 0 radical (unpaired) electrons. The zero-order valence-electron chi connectivity index (χ0n) is 9.15. The van der Waals surface area contributed by atoms with Crippen LogP contribution in [-0.4, -0.2) is 24.1 Å². The van der Waals surface area contributed by atoms with Gasteiger partial charge >= 0.3 is 0 Å². The van der Waals surface area contributed by atoms with Crippen molar-refractivity contribution in [2.24, 2.45) is 5.92 Å². The van der Waals surface area contributed by atoms with Crippen molar-refractivity contribution in [1.29, 1.82) is 0 Å². The molecule has 0 aromatic carbocycles. The van der Waals surface area contributed by atoms with E-state index in [9.17, 15) is 4.79 Å². The van der Waals surface area contributed by atoms with Crippen molar-refractivity contribution in [1.82, 2.24) is 5.06 Å². The Hall–Kier alpha value is -1.09. The van der Waals surface area contributed by atoms with Crippen LogP contribution in [0.15, 0.2) is 23.8 Å². The summed E-state index contributed by atoms with van der Waals surface area (Å²) in [4.78, 5) is 17.0. The highest BCUT2D eigenvalue weighted by Crippen LogP contribution is 2.11. The Morgan fingerprint density at radius 1 is 1.43 bits per heavy atom. The van der Waals surface area contributed by atoms with Gasteiger partial charge in [0.25, 0.3) is 5.91 Å². The molecule has 78 valence electrons. The summed E-state index contributed by atoms with van der Waals surface area (Å²) in [5, 5.41) is 1.31. The second-order valence-electron chi connectivity index (χ2n) is 3.70. The molecule has 14 heavy (non-hydrogen) atoms. The predicted octanol–water partition coefficient (Wildman–Crippen LogP) is 1.92. The summed E-state index contributed by atoms with van der Waals surface area (Å²) in [5.41, 5.74) is 1.12. The number of rotatable bonds is 0. The van der Waals surface area contributed by atoms with Gasteiger partial charge in [0.2, 0.25) is 0 Å². The Balaban J connectivity index is 2.89. The molecule has 0 saturated heterocycles. The molecular weight excluding hydrogens is 178 g/mol. The molecule has 1 aliphatic heterocycles. The molecule has 1 amide bonds. The predicted molar refractivity (Wildman–Crippen MR) is 55.4 cm³/mol. The SMILES string of the molecule is CC1=CC(C)ON(C)C(=O)[C@H](C)C=C1. The van der Waals surface area contributed by atoms with Crippen molar-refractivity contribution in [3.8, 4) is 0 Å². The van der Waals surface area contributed by atoms with E-state index < -0.39 is 0 Å². The van der Waals surface area contributed by atoms with Gasteiger partial charge in [0.05, 0.1) is 5.92 Å². The van der Waals surface area contributed by atoms with Crippen LogP contribution in [0.1, 0.15) is 20.8 Å². The van der Waals surface area contributed by atoms with E-state index in [-0.39, 0.29) is 17.9 Å². The lowest BCUT2D eigenvalue weighted by atomic mass is 10.1. The highest BCUT2D eigenvalue weighted by Gasteiger charge is 2.18. The third-order valence-electron chi connectivity index (χ3n) is 2.17. The van der Waals surface area contributed by atoms with Crippen molar-refractivity contribution < 1.29 is 9.63 Å². The Morgan fingerprint density at radius 3 is 2.71 bits per heavy atom. The normalized spacial score (nSPS) is 29.3. The minimum Gasteiger partial charge on any atom is -0.272 e. The molecule has 3 nitrogen and oxygen atoms in total. The van der Waals surface area contributed by atoms with Gasteiger partial charge in [-0.25, -0.2) is 5.06 Å². The van der Waals surface area contributed by atoms with E-state index in [0.717, 1.165) is 5.57 Å². The molecule has 0 fully saturated rings. The monoisotopic (exact) mass is 195 g/mol. The van der Waals surface area contributed by atoms with E-state index in [1.165, 1.54) is 5.06 Å². The van der Waals surface area contributed by atoms with Gasteiger partial charge in [-0.3, -0.25) is 9.63 Å². The molecule has 1 rings (SSSR count). The van der Waals surface area contributed by atoms with Crippen LogP contribution in [-0.2, 0) is 9.63 Å². The van der Waals surface area contributed by atoms with Crippen LogP contribution in [0.4, 0.5) is 0 Å². The average Bonchev–Trinajstić information content (AvgIpc) is 2.14. The lowest BCUT2D eigenvalue weighted by molar-refractivity contribution is -0.189. The summed E-state index contributed by atoms with van der Waals surface area (Å²) in [7, 11) is 1.65. The largest absolute Gasteiger partial charge is 0.272 e. The van der Waals surface area contributed by atoms with Gasteiger partial charge in [0.1, 0.15) is 6.10 Å². The summed E-state index contributed by atoms with van der Waals surface area (Å²) in [6.45, 7) is 5.78. The highest BCUT2D eigenvalue weighted by molar-refractivity contribution is 5.79. The van der Waals surface area contributed by atoms with Crippen molar-refractivity contribution >= 4 is 5.91 Å². The summed E-state index contributed by atoms with van der Waals surface area (Å²) < 4.78 is 0. The van der Waals surface area contributed by atoms with E-state index in [0.29, 0.717) is 0 Å². The van der Waals surface area contributed by atoms with Crippen molar-refractivity contribution in [2.75, 3.05) is 7.05 Å². The maximum absolute atomic E-state index is 11.6. The fourth-order valence-electron chi connectivity index (χ4n) is 1.42. The molecule has 0 aromatic rings. The number of hydrogen-bond donors (Lipinski definition) is 0. The van der Waals surface area contributed by atoms with E-state index >= 15 is 0 Å². The fourth-order valence-corrected chi connectivity index (χ4v) is 1.42. The maximum atomic E-state index is 11.6. The first-order valence-corrected chi connectivity index (χ1v) is 4.81. The molecule has 0 spiro atoms. The smallest absolute Gasteiger partial charge is 0.252 e. The molecule has 1 aliphatic rings. The van der Waals surface area contributed by atoms with E-state index in [1.807, 2.05) is 39.0 Å². The number of amides is 1. The Morgan fingerprint density at radius 2 is 2.07 bits per heavy atom. The second-order valence-corrected chi connectivity index (χ2v) is 3.70. The first-order valence-electron chi connectivity index (χ1n) is 4.81. The topological polar surface area (TPSA) is 29.5 Å². The van der Waals surface area contributed by atoms with Crippen LogP contribution < -0.4 is 0 Å². The average molecular weight is 195 g/mol. The summed E-state index contributed by atoms with van der Waals surface area (Å²) in [6, 6.07) is 0. The quantitative estimate of drug-likeness (QED) is 0.591. The molecule has 3 heteroatoms. The molecule has 0 aromatic heterocycles. The Kier molecular flexibility index (Phi) is 3.47. The van der Waals surface area contributed by atoms with Crippen LogP contribution >= 0.6 is 0 Å². The number of allylic oxidation sites excluding steroid dienone is 2. The van der Waals surface area contributed by atoms with Gasteiger partial charge in [-0.15, -0.1) is 0 Å². The van der Waals surface area contributed by atoms with Crippen LogP contribution in [0.2, 0.25) is 0 Å². The Bertz CT molecular complexity index is 281. The number of nitrogens with zero attached hydrogens (tertiary/aromatic N) is 1. The molecule has 0 aliphatic carbocycles. The summed E-state index contributed by atoms with van der Waals surface area (Å²) in [5.74, 6) is -0.148. The summed E-state index contributed by atoms with van der Waals surface area (Å²) >= 11 is 0. The molecule has 0 N–H and O–H groups in total. The minimum atomic E-state index is -0.131. The Labute approximate surface area is 85.0 Å². The van der Waals surface area contributed by atoms with E-state index in [2.05, 4.69) is 0 Å². The minimum absolute atomic E-state index is 0.0174. The third kappa shape index (κ3) is 2.70. The molecule has 1 heterocycles. The molecular formula is C11H17NO2. The van der Waals surface area contributed by atoms with Gasteiger partial charge in [0, 0.05) is 7.05 Å². The number of hydroxylamine groups is 2. The van der Waals surface area contributed by atoms with Gasteiger partial charge < -0.3 is 0 Å². The second kappa shape index (κ2) is 4.42. The first kappa shape index (κ1) is 11.0. The van der Waals surface area contributed by atoms with E-state index in [1.54, 1.807) is 7.05 Å². The molecule has 2 atom stereocenters. The van der Waals surface area contributed by atoms with Crippen molar-refractivity contribution in [3.05, 3.63) is 23.8 Å². The molecule has 1 unspecified atom stereocenters. The van der Waals surface area contributed by atoms with Crippen LogP contribution in [0.25, 0.3) is 0 Å². The number of hydrogen-bond acceptors (Lipinski definition) is 2. The third-order valence-corrected chi connectivity index (χ3v) is 2.17. The van der Waals surface area contributed by atoms with Crippen molar-refractivity contribution in [3.63, 3.8) is 0 Å². The number of carbonyl (C=O) groups excluding carboxylic acids is 1. The maximum Gasteiger partial charge on any atom is 0.252 e. The molecule has 0 saturated carbocycles. The fraction of sp³-hybridized carbons (Fsp3) is 0.545. The van der Waals surface area contributed by atoms with Gasteiger partial charge in [0.15, 0.2) is 0 Å². The lowest BCUT2D eigenvalue weighted by Gasteiger charge is -2.21.